The molecule has 1 aliphatic heterocycles. The number of rotatable bonds is 7. The summed E-state index contributed by atoms with van der Waals surface area (Å²) in [7, 11) is 0. The van der Waals surface area contributed by atoms with Crippen LogP contribution in [0.4, 0.5) is 4.79 Å². The molecule has 0 aromatic heterocycles. The Morgan fingerprint density at radius 1 is 1.18 bits per heavy atom. The summed E-state index contributed by atoms with van der Waals surface area (Å²) in [6.45, 7) is 4.34. The molecule has 0 radical (unpaired) electrons. The van der Waals surface area contributed by atoms with E-state index in [1.807, 2.05) is 6.92 Å². The average Bonchev–Trinajstić information content (AvgIpc) is 3.21. The molecule has 0 unspecified atom stereocenters. The van der Waals surface area contributed by atoms with Crippen molar-refractivity contribution in [2.45, 2.75) is 57.5 Å². The van der Waals surface area contributed by atoms with Crippen molar-refractivity contribution in [2.24, 2.45) is 0 Å². The maximum absolute atomic E-state index is 12.6. The highest BCUT2D eigenvalue weighted by Gasteiger charge is 2.51. The van der Waals surface area contributed by atoms with Crippen LogP contribution in [0.2, 0.25) is 0 Å². The molecule has 152 valence electrons. The van der Waals surface area contributed by atoms with Gasteiger partial charge in [-0.15, -0.1) is 0 Å². The van der Waals surface area contributed by atoms with Crippen LogP contribution in [0, 0.1) is 0 Å². The first-order chi connectivity index (χ1) is 13.6. The number of nitrogens with zero attached hydrogens (tertiary/aromatic N) is 1. The Hall–Kier alpha value is -2.34. The highest BCUT2D eigenvalue weighted by Crippen LogP contribution is 2.41. The molecule has 0 spiro atoms. The quantitative estimate of drug-likeness (QED) is 0.675. The monoisotopic (exact) mass is 385 g/mol. The van der Waals surface area contributed by atoms with Crippen molar-refractivity contribution in [1.82, 2.24) is 15.5 Å². The van der Waals surface area contributed by atoms with E-state index in [4.69, 9.17) is 0 Å². The molecule has 6 heteroatoms. The fourth-order valence-corrected chi connectivity index (χ4v) is 4.34. The molecule has 3 rings (SSSR count). The number of allylic oxidation sites excluding steroid dienone is 2. The van der Waals surface area contributed by atoms with Crippen LogP contribution in [0.3, 0.4) is 0 Å². The summed E-state index contributed by atoms with van der Waals surface area (Å²) in [5, 5.41) is 15.7. The van der Waals surface area contributed by atoms with Gasteiger partial charge in [0.1, 0.15) is 0 Å². The molecule has 2 aliphatic rings. The number of nitrogens with one attached hydrogen (secondary N) is 2. The summed E-state index contributed by atoms with van der Waals surface area (Å²) in [5.74, 6) is -0.125. The number of aliphatic hydroxyl groups is 1. The van der Waals surface area contributed by atoms with E-state index < -0.39 is 0 Å². The molecule has 3 amide bonds. The number of aliphatic hydroxyl groups excluding tert-OH is 1. The van der Waals surface area contributed by atoms with Gasteiger partial charge in [-0.05, 0) is 42.4 Å². The highest BCUT2D eigenvalue weighted by molar-refractivity contribution is 5.77. The third-order valence-corrected chi connectivity index (χ3v) is 5.76. The lowest BCUT2D eigenvalue weighted by Crippen LogP contribution is -2.70. The molecule has 28 heavy (non-hydrogen) atoms. The van der Waals surface area contributed by atoms with E-state index in [0.717, 1.165) is 24.8 Å². The van der Waals surface area contributed by atoms with Gasteiger partial charge >= 0.3 is 6.03 Å². The lowest BCUT2D eigenvalue weighted by atomic mass is 9.75. The smallest absolute Gasteiger partial charge is 0.318 e. The first-order valence-corrected chi connectivity index (χ1v) is 10.3. The van der Waals surface area contributed by atoms with Crippen molar-refractivity contribution in [2.75, 3.05) is 19.7 Å². The zero-order valence-electron chi connectivity index (χ0n) is 16.8. The van der Waals surface area contributed by atoms with Gasteiger partial charge in [-0.3, -0.25) is 4.79 Å². The van der Waals surface area contributed by atoms with Gasteiger partial charge in [0.25, 0.3) is 0 Å². The lowest BCUT2D eigenvalue weighted by Gasteiger charge is -2.54. The normalized spacial score (nSPS) is 23.8. The number of hydrogen-bond acceptors (Lipinski definition) is 3. The minimum Gasteiger partial charge on any atom is -0.394 e. The van der Waals surface area contributed by atoms with Crippen molar-refractivity contribution < 1.29 is 14.7 Å². The zero-order chi connectivity index (χ0) is 20.1. The summed E-state index contributed by atoms with van der Waals surface area (Å²) in [5.41, 5.74) is 3.74. The number of benzene rings is 1. The first kappa shape index (κ1) is 20.4. The molecule has 0 saturated carbocycles. The van der Waals surface area contributed by atoms with Crippen LogP contribution in [0.25, 0.3) is 5.57 Å². The Labute approximate surface area is 167 Å². The molecule has 1 heterocycles. The van der Waals surface area contributed by atoms with Crippen LogP contribution in [-0.2, 0) is 4.79 Å². The Bertz CT molecular complexity index is 729. The predicted molar refractivity (Wildman–Crippen MR) is 110 cm³/mol. The van der Waals surface area contributed by atoms with E-state index >= 15 is 0 Å². The molecular weight excluding hydrogens is 354 g/mol. The van der Waals surface area contributed by atoms with Crippen LogP contribution in [0.1, 0.15) is 56.6 Å². The number of carbonyl (C=O) groups excluding carboxylic acids is 2. The van der Waals surface area contributed by atoms with E-state index in [1.165, 1.54) is 24.5 Å². The second-order valence-corrected chi connectivity index (χ2v) is 7.66. The van der Waals surface area contributed by atoms with Crippen molar-refractivity contribution in [3.8, 4) is 0 Å². The number of urea groups is 1. The molecular formula is C22H31N3O3. The van der Waals surface area contributed by atoms with Crippen molar-refractivity contribution >= 4 is 17.5 Å². The molecule has 1 fully saturated rings. The van der Waals surface area contributed by atoms with Gasteiger partial charge in [-0.2, -0.15) is 0 Å². The molecule has 1 aromatic rings. The Balaban J connectivity index is 1.79. The van der Waals surface area contributed by atoms with Crippen LogP contribution in [0.5, 0.6) is 0 Å². The van der Waals surface area contributed by atoms with E-state index in [9.17, 15) is 14.7 Å². The average molecular weight is 386 g/mol. The summed E-state index contributed by atoms with van der Waals surface area (Å²) in [4.78, 5) is 25.7. The van der Waals surface area contributed by atoms with Gasteiger partial charge in [0.05, 0.1) is 18.7 Å². The number of likely N-dealkylation sites (tertiary alicyclic amines) is 1. The van der Waals surface area contributed by atoms with Gasteiger partial charge < -0.3 is 20.6 Å². The summed E-state index contributed by atoms with van der Waals surface area (Å²) in [6, 6.07) is 7.84. The van der Waals surface area contributed by atoms with Crippen LogP contribution in [0.15, 0.2) is 30.3 Å². The standard InChI is InChI=1S/C22H31N3O3/c1-3-12-23-22(28)25-19(13-24-15(2)27)21(20(25)14-26)18-10-8-17(9-11-18)16-6-4-5-7-16/h6,8-11,19-21,26H,3-5,7,12-14H2,1-2H3,(H,23,28)(H,24,27)/t19-,20+,21+/m0/s1. The van der Waals surface area contributed by atoms with Gasteiger partial charge in [-0.1, -0.05) is 37.3 Å². The Kier molecular flexibility index (Phi) is 6.73. The number of amides is 3. The molecule has 6 nitrogen and oxygen atoms in total. The zero-order valence-corrected chi connectivity index (χ0v) is 16.8. The molecule has 1 aliphatic carbocycles. The third kappa shape index (κ3) is 4.22. The fraction of sp³-hybridized carbons (Fsp3) is 0.545. The van der Waals surface area contributed by atoms with Crippen molar-refractivity contribution in [1.29, 1.82) is 0 Å². The summed E-state index contributed by atoms with van der Waals surface area (Å²) in [6.07, 6.45) is 6.63. The predicted octanol–water partition coefficient (Wildman–Crippen LogP) is 2.64. The number of carbonyl (C=O) groups is 2. The minimum atomic E-state index is -0.285. The van der Waals surface area contributed by atoms with Crippen LogP contribution in [-0.4, -0.2) is 53.7 Å². The van der Waals surface area contributed by atoms with Gasteiger partial charge in [0, 0.05) is 25.9 Å². The highest BCUT2D eigenvalue weighted by atomic mass is 16.3. The molecule has 1 aromatic carbocycles. The summed E-state index contributed by atoms with van der Waals surface area (Å²) < 4.78 is 0. The topological polar surface area (TPSA) is 81.7 Å². The molecule has 3 atom stereocenters. The van der Waals surface area contributed by atoms with Gasteiger partial charge in [0.2, 0.25) is 5.91 Å². The third-order valence-electron chi connectivity index (χ3n) is 5.76. The van der Waals surface area contributed by atoms with E-state index in [1.54, 1.807) is 4.90 Å². The summed E-state index contributed by atoms with van der Waals surface area (Å²) >= 11 is 0. The Morgan fingerprint density at radius 2 is 1.93 bits per heavy atom. The van der Waals surface area contributed by atoms with Gasteiger partial charge in [0.15, 0.2) is 0 Å². The second kappa shape index (κ2) is 9.24. The lowest BCUT2D eigenvalue weighted by molar-refractivity contribution is -0.119. The van der Waals surface area contributed by atoms with Crippen LogP contribution >= 0.6 is 0 Å². The second-order valence-electron chi connectivity index (χ2n) is 7.66. The number of hydrogen-bond donors (Lipinski definition) is 3. The minimum absolute atomic E-state index is 0.00386. The Morgan fingerprint density at radius 3 is 2.50 bits per heavy atom. The van der Waals surface area contributed by atoms with Crippen LogP contribution < -0.4 is 10.6 Å². The SMILES string of the molecule is CCCNC(=O)N1[C@H](CO)[C@H](c2ccc(C3=CCCC3)cc2)[C@@H]1CNC(C)=O. The van der Waals surface area contributed by atoms with Gasteiger partial charge in [-0.25, -0.2) is 4.79 Å². The van der Waals surface area contributed by atoms with E-state index in [0.29, 0.717) is 13.1 Å². The van der Waals surface area contributed by atoms with Crippen molar-refractivity contribution in [3.05, 3.63) is 41.5 Å². The van der Waals surface area contributed by atoms with E-state index in [-0.39, 0.29) is 36.5 Å². The molecule has 0 bridgehead atoms. The maximum atomic E-state index is 12.6. The fourth-order valence-electron chi connectivity index (χ4n) is 4.34. The molecule has 1 saturated heterocycles. The first-order valence-electron chi connectivity index (χ1n) is 10.3. The van der Waals surface area contributed by atoms with E-state index in [2.05, 4.69) is 41.0 Å². The van der Waals surface area contributed by atoms with Crippen molar-refractivity contribution in [3.63, 3.8) is 0 Å². The largest absolute Gasteiger partial charge is 0.394 e. The molecule has 3 N–H and O–H groups in total. The maximum Gasteiger partial charge on any atom is 0.318 e.